The van der Waals surface area contributed by atoms with Gasteiger partial charge in [0.2, 0.25) is 10.0 Å². The van der Waals surface area contributed by atoms with Crippen molar-refractivity contribution < 1.29 is 17.9 Å². The zero-order valence-corrected chi connectivity index (χ0v) is 15.5. The molecule has 7 heteroatoms. The third kappa shape index (κ3) is 4.04. The minimum atomic E-state index is -3.59. The van der Waals surface area contributed by atoms with Crippen molar-refractivity contribution in [1.82, 2.24) is 9.21 Å². The minimum Gasteiger partial charge on any atom is -0.378 e. The quantitative estimate of drug-likeness (QED) is 0.819. The van der Waals surface area contributed by atoms with Crippen molar-refractivity contribution in [3.8, 4) is 0 Å². The van der Waals surface area contributed by atoms with E-state index in [-0.39, 0.29) is 16.8 Å². The lowest BCUT2D eigenvalue weighted by atomic mass is 9.96. The summed E-state index contributed by atoms with van der Waals surface area (Å²) in [6.45, 7) is 2.12. The lowest BCUT2D eigenvalue weighted by Crippen LogP contribution is -2.41. The van der Waals surface area contributed by atoms with E-state index in [4.69, 9.17) is 4.74 Å². The standard InChI is InChI=1S/C18H26N2O4S/c1-19(16-7-3-2-4-8-16)25(22,23)17-9-5-6-15(14-17)18(21)20-10-12-24-13-11-20/h5-6,9,14,16H,2-4,7-8,10-13H2,1H3. The highest BCUT2D eigenvalue weighted by atomic mass is 32.2. The van der Waals surface area contributed by atoms with E-state index < -0.39 is 10.0 Å². The molecule has 0 radical (unpaired) electrons. The summed E-state index contributed by atoms with van der Waals surface area (Å²) in [7, 11) is -1.93. The summed E-state index contributed by atoms with van der Waals surface area (Å²) < 4.78 is 32.7. The lowest BCUT2D eigenvalue weighted by molar-refractivity contribution is 0.0302. The number of rotatable bonds is 4. The van der Waals surface area contributed by atoms with Crippen LogP contribution in [0.3, 0.4) is 0 Å². The topological polar surface area (TPSA) is 66.9 Å². The molecule has 138 valence electrons. The monoisotopic (exact) mass is 366 g/mol. The van der Waals surface area contributed by atoms with Crippen LogP contribution in [0.2, 0.25) is 0 Å². The third-order valence-electron chi connectivity index (χ3n) is 5.15. The largest absolute Gasteiger partial charge is 0.378 e. The number of hydrogen-bond acceptors (Lipinski definition) is 4. The second-order valence-electron chi connectivity index (χ2n) is 6.75. The van der Waals surface area contributed by atoms with Gasteiger partial charge in [-0.05, 0) is 31.0 Å². The summed E-state index contributed by atoms with van der Waals surface area (Å²) in [6, 6.07) is 6.46. The fourth-order valence-corrected chi connectivity index (χ4v) is 5.01. The summed E-state index contributed by atoms with van der Waals surface area (Å²) >= 11 is 0. The fraction of sp³-hybridized carbons (Fsp3) is 0.611. The molecule has 1 aromatic carbocycles. The molecule has 1 amide bonds. The highest BCUT2D eigenvalue weighted by Gasteiger charge is 2.30. The predicted molar refractivity (Wildman–Crippen MR) is 95.0 cm³/mol. The summed E-state index contributed by atoms with van der Waals surface area (Å²) in [5, 5.41) is 0. The van der Waals surface area contributed by atoms with Gasteiger partial charge in [0.1, 0.15) is 0 Å². The fourth-order valence-electron chi connectivity index (χ4n) is 3.55. The SMILES string of the molecule is CN(C1CCCCC1)S(=O)(=O)c1cccc(C(=O)N2CCOCC2)c1. The molecule has 0 spiro atoms. The molecule has 0 atom stereocenters. The molecule has 1 aromatic rings. The normalized spacial score (nSPS) is 20.0. The molecule has 1 saturated heterocycles. The average molecular weight is 366 g/mol. The van der Waals surface area contributed by atoms with Crippen LogP contribution in [0.5, 0.6) is 0 Å². The number of ether oxygens (including phenoxy) is 1. The Morgan fingerprint density at radius 2 is 1.84 bits per heavy atom. The van der Waals surface area contributed by atoms with E-state index in [9.17, 15) is 13.2 Å². The van der Waals surface area contributed by atoms with Crippen molar-refractivity contribution >= 4 is 15.9 Å². The van der Waals surface area contributed by atoms with Crippen LogP contribution in [-0.2, 0) is 14.8 Å². The van der Waals surface area contributed by atoms with Crippen LogP contribution in [0, 0.1) is 0 Å². The zero-order chi connectivity index (χ0) is 17.9. The van der Waals surface area contributed by atoms with Gasteiger partial charge in [-0.3, -0.25) is 4.79 Å². The van der Waals surface area contributed by atoms with Gasteiger partial charge in [0.15, 0.2) is 0 Å². The van der Waals surface area contributed by atoms with E-state index in [2.05, 4.69) is 0 Å². The third-order valence-corrected chi connectivity index (χ3v) is 7.05. The zero-order valence-electron chi connectivity index (χ0n) is 14.7. The minimum absolute atomic E-state index is 0.0531. The molecule has 25 heavy (non-hydrogen) atoms. The van der Waals surface area contributed by atoms with Crippen LogP contribution in [0.1, 0.15) is 42.5 Å². The van der Waals surface area contributed by atoms with E-state index in [0.29, 0.717) is 31.9 Å². The molecule has 1 aliphatic carbocycles. The van der Waals surface area contributed by atoms with Crippen molar-refractivity contribution in [1.29, 1.82) is 0 Å². The number of benzene rings is 1. The van der Waals surface area contributed by atoms with Gasteiger partial charge in [0.05, 0.1) is 18.1 Å². The van der Waals surface area contributed by atoms with Crippen molar-refractivity contribution in [3.05, 3.63) is 29.8 Å². The predicted octanol–water partition coefficient (Wildman–Crippen LogP) is 2.11. The van der Waals surface area contributed by atoms with E-state index in [0.717, 1.165) is 25.7 Å². The Morgan fingerprint density at radius 3 is 2.52 bits per heavy atom. The summed E-state index contributed by atoms with van der Waals surface area (Å²) in [5.74, 6) is -0.138. The molecule has 1 saturated carbocycles. The molecule has 0 aromatic heterocycles. The van der Waals surface area contributed by atoms with Crippen LogP contribution in [0.25, 0.3) is 0 Å². The van der Waals surface area contributed by atoms with Crippen molar-refractivity contribution in [2.45, 2.75) is 43.0 Å². The molecule has 1 aliphatic heterocycles. The molecular weight excluding hydrogens is 340 g/mol. The first-order valence-corrected chi connectivity index (χ1v) is 10.4. The van der Waals surface area contributed by atoms with Gasteiger partial charge in [-0.1, -0.05) is 25.3 Å². The molecular formula is C18H26N2O4S. The number of nitrogens with zero attached hydrogens (tertiary/aromatic N) is 2. The molecule has 2 fully saturated rings. The van der Waals surface area contributed by atoms with Gasteiger partial charge in [-0.15, -0.1) is 0 Å². The highest BCUT2D eigenvalue weighted by molar-refractivity contribution is 7.89. The second kappa shape index (κ2) is 7.85. The lowest BCUT2D eigenvalue weighted by Gasteiger charge is -2.30. The van der Waals surface area contributed by atoms with Crippen LogP contribution < -0.4 is 0 Å². The van der Waals surface area contributed by atoms with Crippen molar-refractivity contribution in [3.63, 3.8) is 0 Å². The van der Waals surface area contributed by atoms with Gasteiger partial charge in [-0.25, -0.2) is 8.42 Å². The maximum absolute atomic E-state index is 13.0. The average Bonchev–Trinajstić information content (AvgIpc) is 2.68. The van der Waals surface area contributed by atoms with E-state index in [1.807, 2.05) is 0 Å². The Labute approximate surface area is 149 Å². The number of carbonyl (C=O) groups is 1. The summed E-state index contributed by atoms with van der Waals surface area (Å²) in [5.41, 5.74) is 0.417. The first-order valence-electron chi connectivity index (χ1n) is 8.95. The first-order chi connectivity index (χ1) is 12.0. The maximum atomic E-state index is 13.0. The van der Waals surface area contributed by atoms with Gasteiger partial charge in [0, 0.05) is 31.7 Å². The van der Waals surface area contributed by atoms with Gasteiger partial charge in [0.25, 0.3) is 5.91 Å². The Balaban J connectivity index is 1.80. The van der Waals surface area contributed by atoms with Gasteiger partial charge >= 0.3 is 0 Å². The van der Waals surface area contributed by atoms with E-state index >= 15 is 0 Å². The Hall–Kier alpha value is -1.44. The molecule has 2 aliphatic rings. The molecule has 1 heterocycles. The van der Waals surface area contributed by atoms with Crippen molar-refractivity contribution in [2.75, 3.05) is 33.4 Å². The van der Waals surface area contributed by atoms with Crippen LogP contribution in [-0.4, -0.2) is 62.9 Å². The highest BCUT2D eigenvalue weighted by Crippen LogP contribution is 2.27. The van der Waals surface area contributed by atoms with Crippen LogP contribution in [0.15, 0.2) is 29.2 Å². The Morgan fingerprint density at radius 1 is 1.16 bits per heavy atom. The van der Waals surface area contributed by atoms with Crippen LogP contribution in [0.4, 0.5) is 0 Å². The Kier molecular flexibility index (Phi) is 5.76. The summed E-state index contributed by atoms with van der Waals surface area (Å²) in [4.78, 5) is 14.5. The van der Waals surface area contributed by atoms with E-state index in [1.54, 1.807) is 30.1 Å². The Bertz CT molecular complexity index is 708. The maximum Gasteiger partial charge on any atom is 0.254 e. The molecule has 6 nitrogen and oxygen atoms in total. The number of carbonyl (C=O) groups excluding carboxylic acids is 1. The first kappa shape index (κ1) is 18.4. The number of morpholine rings is 1. The number of hydrogen-bond donors (Lipinski definition) is 0. The van der Waals surface area contributed by atoms with Gasteiger partial charge in [-0.2, -0.15) is 4.31 Å². The molecule has 0 N–H and O–H groups in total. The van der Waals surface area contributed by atoms with Crippen LogP contribution >= 0.6 is 0 Å². The van der Waals surface area contributed by atoms with E-state index in [1.165, 1.54) is 16.8 Å². The smallest absolute Gasteiger partial charge is 0.254 e. The molecule has 3 rings (SSSR count). The summed E-state index contributed by atoms with van der Waals surface area (Å²) in [6.07, 6.45) is 5.12. The van der Waals surface area contributed by atoms with Crippen molar-refractivity contribution in [2.24, 2.45) is 0 Å². The molecule has 0 unspecified atom stereocenters. The second-order valence-corrected chi connectivity index (χ2v) is 8.74. The number of amides is 1. The van der Waals surface area contributed by atoms with Gasteiger partial charge < -0.3 is 9.64 Å². The number of sulfonamides is 1. The molecule has 0 bridgehead atoms.